The lowest BCUT2D eigenvalue weighted by molar-refractivity contribution is -0.137. The van der Waals surface area contributed by atoms with E-state index in [1.54, 1.807) is 5.38 Å². The van der Waals surface area contributed by atoms with Gasteiger partial charge in [-0.1, -0.05) is 0 Å². The summed E-state index contributed by atoms with van der Waals surface area (Å²) in [6, 6.07) is 2.44. The molecule has 0 unspecified atom stereocenters. The van der Waals surface area contributed by atoms with Gasteiger partial charge in [-0.25, -0.2) is 9.97 Å². The van der Waals surface area contributed by atoms with E-state index in [9.17, 15) is 14.0 Å². The first-order chi connectivity index (χ1) is 10.0. The van der Waals surface area contributed by atoms with E-state index < -0.39 is 17.8 Å². The minimum Gasteiger partial charge on any atom is -0.481 e. The molecular formula is C13H12FN3O3S. The van der Waals surface area contributed by atoms with Gasteiger partial charge in [0, 0.05) is 18.0 Å². The molecule has 0 spiro atoms. The summed E-state index contributed by atoms with van der Waals surface area (Å²) < 4.78 is 12.7. The molecule has 6 nitrogen and oxygen atoms in total. The third-order valence-electron chi connectivity index (χ3n) is 2.59. The molecule has 110 valence electrons. The van der Waals surface area contributed by atoms with Crippen LogP contribution in [-0.2, 0) is 11.2 Å². The average molecular weight is 309 g/mol. The molecule has 2 heterocycles. The molecule has 0 fully saturated rings. The van der Waals surface area contributed by atoms with E-state index in [-0.39, 0.29) is 12.0 Å². The number of aryl methyl sites for hydroxylation is 1. The maximum absolute atomic E-state index is 12.7. The number of amides is 1. The number of anilines is 1. The standard InChI is InChI=1S/C13H12FN3O3S/c14-10-5-4-8(6-15-10)12(20)17-13-16-9(7-21-13)2-1-3-11(18)19/h4-7H,1-3H2,(H,18,19)(H,16,17,20). The van der Waals surface area contributed by atoms with Crippen molar-refractivity contribution < 1.29 is 19.1 Å². The lowest BCUT2D eigenvalue weighted by atomic mass is 10.2. The second-order valence-corrected chi connectivity index (χ2v) is 5.07. The maximum atomic E-state index is 12.7. The zero-order valence-corrected chi connectivity index (χ0v) is 11.7. The number of thiazole rings is 1. The van der Waals surface area contributed by atoms with E-state index in [0.717, 1.165) is 18.0 Å². The summed E-state index contributed by atoms with van der Waals surface area (Å²) in [7, 11) is 0. The molecule has 0 saturated carbocycles. The fourth-order valence-electron chi connectivity index (χ4n) is 1.58. The van der Waals surface area contributed by atoms with Crippen LogP contribution in [0.25, 0.3) is 0 Å². The maximum Gasteiger partial charge on any atom is 0.303 e. The Morgan fingerprint density at radius 1 is 1.38 bits per heavy atom. The number of halogens is 1. The minimum absolute atomic E-state index is 0.0838. The van der Waals surface area contributed by atoms with E-state index in [1.165, 1.54) is 17.4 Å². The lowest BCUT2D eigenvalue weighted by Crippen LogP contribution is -2.12. The molecule has 2 aromatic rings. The summed E-state index contributed by atoms with van der Waals surface area (Å²) in [6.07, 6.45) is 2.26. The van der Waals surface area contributed by atoms with Gasteiger partial charge in [-0.3, -0.25) is 14.9 Å². The number of carbonyl (C=O) groups is 2. The van der Waals surface area contributed by atoms with Gasteiger partial charge in [0.2, 0.25) is 5.95 Å². The topological polar surface area (TPSA) is 92.2 Å². The number of carboxylic acids is 1. The molecule has 1 amide bonds. The number of nitrogens with zero attached hydrogens (tertiary/aromatic N) is 2. The van der Waals surface area contributed by atoms with Gasteiger partial charge in [0.05, 0.1) is 11.3 Å². The van der Waals surface area contributed by atoms with E-state index in [0.29, 0.717) is 18.0 Å². The van der Waals surface area contributed by atoms with Crippen molar-refractivity contribution in [2.75, 3.05) is 5.32 Å². The van der Waals surface area contributed by atoms with Crippen LogP contribution in [0.1, 0.15) is 28.9 Å². The first kappa shape index (κ1) is 15.0. The van der Waals surface area contributed by atoms with Crippen LogP contribution >= 0.6 is 11.3 Å². The van der Waals surface area contributed by atoms with Crippen molar-refractivity contribution in [2.24, 2.45) is 0 Å². The van der Waals surface area contributed by atoms with E-state index in [2.05, 4.69) is 15.3 Å². The second kappa shape index (κ2) is 6.89. The highest BCUT2D eigenvalue weighted by molar-refractivity contribution is 7.13. The van der Waals surface area contributed by atoms with Gasteiger partial charge in [0.15, 0.2) is 5.13 Å². The van der Waals surface area contributed by atoms with Gasteiger partial charge >= 0.3 is 5.97 Å². The number of pyridine rings is 1. The number of rotatable bonds is 6. The molecular weight excluding hydrogens is 297 g/mol. The number of hydrogen-bond donors (Lipinski definition) is 2. The van der Waals surface area contributed by atoms with Gasteiger partial charge in [-0.15, -0.1) is 11.3 Å². The molecule has 0 aromatic carbocycles. The van der Waals surface area contributed by atoms with Gasteiger partial charge in [0.25, 0.3) is 5.91 Å². The van der Waals surface area contributed by atoms with Crippen molar-refractivity contribution in [3.8, 4) is 0 Å². The SMILES string of the molecule is O=C(O)CCCc1csc(NC(=O)c2ccc(F)nc2)n1. The number of nitrogens with one attached hydrogen (secondary N) is 1. The molecule has 0 aliphatic carbocycles. The Balaban J connectivity index is 1.91. The highest BCUT2D eigenvalue weighted by atomic mass is 32.1. The van der Waals surface area contributed by atoms with Crippen LogP contribution in [0.3, 0.4) is 0 Å². The van der Waals surface area contributed by atoms with E-state index >= 15 is 0 Å². The van der Waals surface area contributed by atoms with Gasteiger partial charge < -0.3 is 5.11 Å². The summed E-state index contributed by atoms with van der Waals surface area (Å²) in [5.74, 6) is -1.92. The molecule has 0 radical (unpaired) electrons. The largest absolute Gasteiger partial charge is 0.481 e. The average Bonchev–Trinajstić information content (AvgIpc) is 2.86. The van der Waals surface area contributed by atoms with Crippen LogP contribution in [0.15, 0.2) is 23.7 Å². The normalized spacial score (nSPS) is 10.3. The summed E-state index contributed by atoms with van der Waals surface area (Å²) in [5.41, 5.74) is 0.966. The van der Waals surface area contributed by atoms with E-state index in [4.69, 9.17) is 5.11 Å². The quantitative estimate of drug-likeness (QED) is 0.799. The van der Waals surface area contributed by atoms with E-state index in [1.807, 2.05) is 0 Å². The van der Waals surface area contributed by atoms with Gasteiger partial charge in [0.1, 0.15) is 0 Å². The molecule has 0 atom stereocenters. The first-order valence-corrected chi connectivity index (χ1v) is 7.01. The molecule has 2 N–H and O–H groups in total. The fraction of sp³-hybridized carbons (Fsp3) is 0.231. The van der Waals surface area contributed by atoms with Crippen molar-refractivity contribution >= 4 is 28.3 Å². The summed E-state index contributed by atoms with van der Waals surface area (Å²) in [6.45, 7) is 0. The summed E-state index contributed by atoms with van der Waals surface area (Å²) in [4.78, 5) is 29.9. The molecule has 8 heteroatoms. The van der Waals surface area contributed by atoms with Crippen molar-refractivity contribution in [2.45, 2.75) is 19.3 Å². The lowest BCUT2D eigenvalue weighted by Gasteiger charge is -2.00. The van der Waals surface area contributed by atoms with Crippen molar-refractivity contribution in [1.29, 1.82) is 0 Å². The van der Waals surface area contributed by atoms with Crippen molar-refractivity contribution in [3.63, 3.8) is 0 Å². The number of hydrogen-bond acceptors (Lipinski definition) is 5. The Morgan fingerprint density at radius 3 is 2.86 bits per heavy atom. The summed E-state index contributed by atoms with van der Waals surface area (Å²) in [5, 5.41) is 13.3. The van der Waals surface area contributed by atoms with Crippen LogP contribution < -0.4 is 5.32 Å². The number of aliphatic carboxylic acids is 1. The van der Waals surface area contributed by atoms with Gasteiger partial charge in [-0.05, 0) is 25.0 Å². The van der Waals surface area contributed by atoms with Crippen LogP contribution in [0.2, 0.25) is 0 Å². The number of aromatic nitrogens is 2. The van der Waals surface area contributed by atoms with Crippen molar-refractivity contribution in [3.05, 3.63) is 40.9 Å². The smallest absolute Gasteiger partial charge is 0.303 e. The highest BCUT2D eigenvalue weighted by Gasteiger charge is 2.10. The zero-order chi connectivity index (χ0) is 15.2. The predicted molar refractivity (Wildman–Crippen MR) is 74.8 cm³/mol. The molecule has 2 aromatic heterocycles. The third kappa shape index (κ3) is 4.60. The molecule has 0 aliphatic rings. The molecule has 21 heavy (non-hydrogen) atoms. The monoisotopic (exact) mass is 309 g/mol. The highest BCUT2D eigenvalue weighted by Crippen LogP contribution is 2.18. The first-order valence-electron chi connectivity index (χ1n) is 6.13. The molecule has 0 bridgehead atoms. The number of carboxylic acid groups (broad SMARTS) is 1. The minimum atomic E-state index is -0.845. The van der Waals surface area contributed by atoms with Gasteiger partial charge in [-0.2, -0.15) is 4.39 Å². The predicted octanol–water partition coefficient (Wildman–Crippen LogP) is 2.34. The van der Waals surface area contributed by atoms with Crippen LogP contribution in [0, 0.1) is 5.95 Å². The zero-order valence-electron chi connectivity index (χ0n) is 10.9. The van der Waals surface area contributed by atoms with Crippen LogP contribution in [0.4, 0.5) is 9.52 Å². The molecule has 2 rings (SSSR count). The Kier molecular flexibility index (Phi) is 4.94. The molecule has 0 saturated heterocycles. The number of carbonyl (C=O) groups excluding carboxylic acids is 1. The van der Waals surface area contributed by atoms with Crippen molar-refractivity contribution in [1.82, 2.24) is 9.97 Å². The Morgan fingerprint density at radius 2 is 2.19 bits per heavy atom. The van der Waals surface area contributed by atoms with Crippen LogP contribution in [-0.4, -0.2) is 27.0 Å². The second-order valence-electron chi connectivity index (χ2n) is 4.22. The van der Waals surface area contributed by atoms with Crippen LogP contribution in [0.5, 0.6) is 0 Å². The molecule has 0 aliphatic heterocycles. The third-order valence-corrected chi connectivity index (χ3v) is 3.39. The Bertz CT molecular complexity index is 642. The summed E-state index contributed by atoms with van der Waals surface area (Å²) >= 11 is 1.25. The fourth-order valence-corrected chi connectivity index (χ4v) is 2.32. The Labute approximate surface area is 123 Å². The Hall–Kier alpha value is -2.35.